The van der Waals surface area contributed by atoms with Crippen LogP contribution in [0.15, 0.2) is 61.1 Å². The Morgan fingerprint density at radius 1 is 0.872 bits per heavy atom. The number of hydrogen-bond donors (Lipinski definition) is 2. The van der Waals surface area contributed by atoms with Crippen molar-refractivity contribution in [3.8, 4) is 34.0 Å². The Hall–Kier alpha value is -4.50. The predicted molar refractivity (Wildman–Crippen MR) is 149 cm³/mol. The van der Waals surface area contributed by atoms with Gasteiger partial charge in [0.25, 0.3) is 0 Å². The van der Waals surface area contributed by atoms with E-state index in [0.29, 0.717) is 33.8 Å². The summed E-state index contributed by atoms with van der Waals surface area (Å²) in [6, 6.07) is 12.9. The molecule has 0 saturated carbocycles. The fourth-order valence-corrected chi connectivity index (χ4v) is 5.45. The molecule has 1 aliphatic heterocycles. The number of likely N-dealkylation sites (tertiary alicyclic amines) is 1. The molecule has 39 heavy (non-hydrogen) atoms. The first-order valence-corrected chi connectivity index (χ1v) is 13.3. The number of nitrogens with zero attached hydrogens (tertiary/aromatic N) is 6. The summed E-state index contributed by atoms with van der Waals surface area (Å²) in [6.07, 6.45) is 9.33. The van der Waals surface area contributed by atoms with Crippen LogP contribution in [0.2, 0.25) is 0 Å². The minimum Gasteiger partial charge on any atom is -0.336 e. The second-order valence-electron chi connectivity index (χ2n) is 10.2. The zero-order valence-corrected chi connectivity index (χ0v) is 21.6. The Bertz CT molecular complexity index is 1800. The van der Waals surface area contributed by atoms with Gasteiger partial charge in [-0.05, 0) is 86.4 Å². The molecule has 194 valence electrons. The molecule has 0 amide bonds. The molecule has 7 rings (SSSR count). The van der Waals surface area contributed by atoms with Gasteiger partial charge in [-0.1, -0.05) is 6.42 Å². The molecule has 1 fully saturated rings. The lowest BCUT2D eigenvalue weighted by Gasteiger charge is -2.26. The third-order valence-electron chi connectivity index (χ3n) is 7.29. The van der Waals surface area contributed by atoms with Crippen molar-refractivity contribution in [2.75, 3.05) is 13.1 Å². The third kappa shape index (κ3) is 4.55. The molecule has 1 saturated heterocycles. The molecule has 1 aliphatic rings. The Kier molecular flexibility index (Phi) is 5.85. The van der Waals surface area contributed by atoms with Crippen LogP contribution in [0.3, 0.4) is 0 Å². The minimum absolute atomic E-state index is 0.302. The standard InChI is InChI=1S/C30H27FN8/c1-18-11-20(14-22(31)12-18)26-27-24(7-8-33-26)35-30(36-27)29-28-25(37-38-29)6-5-23(34-28)21-13-19(15-32-16-21)17-39-9-3-2-4-10-39/h5-8,11-16H,2-4,9-10,17H2,1H3,(H,35,36)(H,37,38). The fourth-order valence-electron chi connectivity index (χ4n) is 5.45. The number of aromatic amines is 2. The molecule has 1 aromatic carbocycles. The number of aryl methyl sites for hydroxylation is 1. The lowest BCUT2D eigenvalue weighted by atomic mass is 10.1. The van der Waals surface area contributed by atoms with E-state index in [1.54, 1.807) is 6.20 Å². The maximum absolute atomic E-state index is 14.2. The van der Waals surface area contributed by atoms with E-state index in [2.05, 4.69) is 36.1 Å². The van der Waals surface area contributed by atoms with Gasteiger partial charge in [0.15, 0.2) is 11.5 Å². The highest BCUT2D eigenvalue weighted by Crippen LogP contribution is 2.31. The molecule has 0 spiro atoms. The molecule has 0 unspecified atom stereocenters. The second-order valence-corrected chi connectivity index (χ2v) is 10.2. The summed E-state index contributed by atoms with van der Waals surface area (Å²) in [5.41, 5.74) is 8.68. The summed E-state index contributed by atoms with van der Waals surface area (Å²) in [4.78, 5) is 24.7. The number of aromatic nitrogens is 7. The van der Waals surface area contributed by atoms with Crippen molar-refractivity contribution in [1.82, 2.24) is 40.0 Å². The molecular formula is C30H27FN8. The summed E-state index contributed by atoms with van der Waals surface area (Å²) >= 11 is 0. The number of imidazole rings is 1. The highest BCUT2D eigenvalue weighted by atomic mass is 19.1. The van der Waals surface area contributed by atoms with Crippen LogP contribution in [0.1, 0.15) is 30.4 Å². The number of benzene rings is 1. The zero-order chi connectivity index (χ0) is 26.3. The number of halogens is 1. The average Bonchev–Trinajstić information content (AvgIpc) is 3.57. The molecule has 6 heterocycles. The normalized spacial score (nSPS) is 14.4. The molecule has 2 N–H and O–H groups in total. The monoisotopic (exact) mass is 518 g/mol. The number of piperidine rings is 1. The summed E-state index contributed by atoms with van der Waals surface area (Å²) in [5.74, 6) is 0.268. The number of hydrogen-bond acceptors (Lipinski definition) is 6. The Balaban J connectivity index is 1.26. The van der Waals surface area contributed by atoms with Gasteiger partial charge in [0.05, 0.1) is 22.4 Å². The lowest BCUT2D eigenvalue weighted by Crippen LogP contribution is -2.29. The average molecular weight is 519 g/mol. The third-order valence-corrected chi connectivity index (χ3v) is 7.29. The molecule has 0 bridgehead atoms. The minimum atomic E-state index is -0.302. The van der Waals surface area contributed by atoms with E-state index in [-0.39, 0.29) is 5.82 Å². The fraction of sp³-hybridized carbons (Fsp3) is 0.233. The first-order valence-electron chi connectivity index (χ1n) is 13.3. The van der Waals surface area contributed by atoms with Crippen LogP contribution in [0.5, 0.6) is 0 Å². The maximum Gasteiger partial charge on any atom is 0.161 e. The molecule has 8 nitrogen and oxygen atoms in total. The highest BCUT2D eigenvalue weighted by molar-refractivity contribution is 5.95. The van der Waals surface area contributed by atoms with Crippen LogP contribution in [-0.4, -0.2) is 53.1 Å². The van der Waals surface area contributed by atoms with Crippen LogP contribution < -0.4 is 0 Å². The second kappa shape index (κ2) is 9.67. The first-order chi connectivity index (χ1) is 19.1. The number of H-pyrrole nitrogens is 2. The van der Waals surface area contributed by atoms with Crippen LogP contribution in [-0.2, 0) is 6.54 Å². The number of rotatable bonds is 5. The van der Waals surface area contributed by atoms with Gasteiger partial charge in [-0.2, -0.15) is 5.10 Å². The van der Waals surface area contributed by atoms with Gasteiger partial charge in [0, 0.05) is 36.3 Å². The Morgan fingerprint density at radius 2 is 1.74 bits per heavy atom. The van der Waals surface area contributed by atoms with Gasteiger partial charge >= 0.3 is 0 Å². The van der Waals surface area contributed by atoms with Gasteiger partial charge in [-0.3, -0.25) is 20.0 Å². The number of nitrogens with one attached hydrogen (secondary N) is 2. The quantitative estimate of drug-likeness (QED) is 0.288. The topological polar surface area (TPSA) is 99.3 Å². The van der Waals surface area contributed by atoms with Crippen molar-refractivity contribution in [3.63, 3.8) is 0 Å². The van der Waals surface area contributed by atoms with Gasteiger partial charge in [0.1, 0.15) is 16.9 Å². The van der Waals surface area contributed by atoms with Crippen molar-refractivity contribution < 1.29 is 4.39 Å². The maximum atomic E-state index is 14.2. The van der Waals surface area contributed by atoms with Crippen LogP contribution in [0.25, 0.3) is 56.1 Å². The van der Waals surface area contributed by atoms with E-state index in [0.717, 1.165) is 47.5 Å². The van der Waals surface area contributed by atoms with Crippen molar-refractivity contribution in [2.24, 2.45) is 0 Å². The highest BCUT2D eigenvalue weighted by Gasteiger charge is 2.18. The lowest BCUT2D eigenvalue weighted by molar-refractivity contribution is 0.220. The van der Waals surface area contributed by atoms with Crippen LogP contribution in [0.4, 0.5) is 4.39 Å². The smallest absolute Gasteiger partial charge is 0.161 e. The summed E-state index contributed by atoms with van der Waals surface area (Å²) in [5, 5.41) is 7.61. The van der Waals surface area contributed by atoms with Gasteiger partial charge in [-0.25, -0.2) is 14.4 Å². The zero-order valence-electron chi connectivity index (χ0n) is 21.6. The van der Waals surface area contributed by atoms with E-state index < -0.39 is 0 Å². The molecule has 9 heteroatoms. The first kappa shape index (κ1) is 23.6. The molecular weight excluding hydrogens is 491 g/mol. The van der Waals surface area contributed by atoms with Crippen LogP contribution >= 0.6 is 0 Å². The van der Waals surface area contributed by atoms with Crippen molar-refractivity contribution >= 4 is 22.1 Å². The summed E-state index contributed by atoms with van der Waals surface area (Å²) in [6.45, 7) is 5.04. The van der Waals surface area contributed by atoms with Gasteiger partial charge in [0.2, 0.25) is 0 Å². The van der Waals surface area contributed by atoms with E-state index in [1.165, 1.54) is 37.0 Å². The van der Waals surface area contributed by atoms with Crippen molar-refractivity contribution in [3.05, 3.63) is 78.0 Å². The van der Waals surface area contributed by atoms with Gasteiger partial charge in [-0.15, -0.1) is 0 Å². The Morgan fingerprint density at radius 3 is 2.62 bits per heavy atom. The number of pyridine rings is 3. The molecule has 6 aromatic rings. The summed E-state index contributed by atoms with van der Waals surface area (Å²) in [7, 11) is 0. The number of fused-ring (bicyclic) bond motifs is 2. The van der Waals surface area contributed by atoms with E-state index in [1.807, 2.05) is 43.6 Å². The van der Waals surface area contributed by atoms with E-state index >= 15 is 0 Å². The molecule has 0 radical (unpaired) electrons. The summed E-state index contributed by atoms with van der Waals surface area (Å²) < 4.78 is 14.2. The van der Waals surface area contributed by atoms with Gasteiger partial charge < -0.3 is 4.98 Å². The van der Waals surface area contributed by atoms with E-state index in [4.69, 9.17) is 9.97 Å². The SMILES string of the molecule is Cc1cc(F)cc(-c2nccc3[nH]c(-c4n[nH]c5ccc(-c6cncc(CN7CCCCC7)c6)nc45)nc23)c1. The Labute approximate surface area is 224 Å². The molecule has 0 atom stereocenters. The molecule has 0 aliphatic carbocycles. The van der Waals surface area contributed by atoms with Crippen molar-refractivity contribution in [1.29, 1.82) is 0 Å². The predicted octanol–water partition coefficient (Wildman–Crippen LogP) is 6.06. The largest absolute Gasteiger partial charge is 0.336 e. The van der Waals surface area contributed by atoms with E-state index in [9.17, 15) is 4.39 Å². The molecule has 5 aromatic heterocycles. The van der Waals surface area contributed by atoms with Crippen molar-refractivity contribution in [2.45, 2.75) is 32.7 Å². The van der Waals surface area contributed by atoms with Crippen LogP contribution in [0, 0.1) is 12.7 Å².